The SMILES string of the molecule is Cn1c(-c2cc(N3C[C@H]4CNS(O)(O)[C@H]4C3)ncc2Cl)nc2ccccc21. The Hall–Kier alpha value is -1.84. The van der Waals surface area contributed by atoms with Gasteiger partial charge in [-0.1, -0.05) is 23.7 Å². The predicted molar refractivity (Wildman–Crippen MR) is 109 cm³/mol. The first-order chi connectivity index (χ1) is 12.9. The first kappa shape index (κ1) is 17.3. The molecule has 5 rings (SSSR count). The molecule has 0 spiro atoms. The van der Waals surface area contributed by atoms with Crippen LogP contribution in [0, 0.1) is 5.92 Å². The monoisotopic (exact) mass is 405 g/mol. The van der Waals surface area contributed by atoms with Crippen LogP contribution < -0.4 is 9.62 Å². The number of hydrogen-bond donors (Lipinski definition) is 3. The molecule has 27 heavy (non-hydrogen) atoms. The van der Waals surface area contributed by atoms with Crippen molar-refractivity contribution < 1.29 is 9.11 Å². The molecule has 0 amide bonds. The zero-order valence-corrected chi connectivity index (χ0v) is 16.3. The van der Waals surface area contributed by atoms with Crippen LogP contribution in [0.15, 0.2) is 36.5 Å². The van der Waals surface area contributed by atoms with E-state index in [0.29, 0.717) is 18.1 Å². The summed E-state index contributed by atoms with van der Waals surface area (Å²) in [7, 11) is -0.747. The molecule has 2 atom stereocenters. The van der Waals surface area contributed by atoms with Crippen LogP contribution in [0.3, 0.4) is 0 Å². The number of para-hydroxylation sites is 2. The fraction of sp³-hybridized carbons (Fsp3) is 0.333. The van der Waals surface area contributed by atoms with Crippen molar-refractivity contribution in [2.75, 3.05) is 24.5 Å². The van der Waals surface area contributed by atoms with Crippen LogP contribution in [0.25, 0.3) is 22.4 Å². The second-order valence-corrected chi connectivity index (χ2v) is 9.64. The molecule has 7 nitrogen and oxygen atoms in total. The number of fused-ring (bicyclic) bond motifs is 2. The van der Waals surface area contributed by atoms with Crippen LogP contribution in [0.1, 0.15) is 0 Å². The Morgan fingerprint density at radius 1 is 1.26 bits per heavy atom. The Morgan fingerprint density at radius 2 is 2.07 bits per heavy atom. The van der Waals surface area contributed by atoms with Crippen LogP contribution in [-0.2, 0) is 7.05 Å². The van der Waals surface area contributed by atoms with Gasteiger partial charge in [0.15, 0.2) is 0 Å². The van der Waals surface area contributed by atoms with Gasteiger partial charge in [-0.15, -0.1) is 10.8 Å². The molecule has 142 valence electrons. The predicted octanol–water partition coefficient (Wildman–Crippen LogP) is 3.36. The Labute approximate surface area is 163 Å². The van der Waals surface area contributed by atoms with Crippen LogP contribution in [0.4, 0.5) is 5.82 Å². The maximum Gasteiger partial charge on any atom is 0.142 e. The van der Waals surface area contributed by atoms with Gasteiger partial charge < -0.3 is 9.47 Å². The molecule has 0 saturated carbocycles. The van der Waals surface area contributed by atoms with E-state index in [0.717, 1.165) is 34.8 Å². The van der Waals surface area contributed by atoms with E-state index < -0.39 is 10.8 Å². The summed E-state index contributed by atoms with van der Waals surface area (Å²) < 4.78 is 25.2. The Balaban J connectivity index is 1.53. The van der Waals surface area contributed by atoms with Crippen LogP contribution in [0.5, 0.6) is 0 Å². The van der Waals surface area contributed by atoms with Gasteiger partial charge in [-0.05, 0) is 18.2 Å². The van der Waals surface area contributed by atoms with Crippen molar-refractivity contribution in [3.8, 4) is 11.4 Å². The lowest BCUT2D eigenvalue weighted by molar-refractivity contribution is 0.472. The van der Waals surface area contributed by atoms with Crippen LogP contribution in [0.2, 0.25) is 5.02 Å². The molecule has 0 bridgehead atoms. The number of hydrogen-bond acceptors (Lipinski definition) is 6. The summed E-state index contributed by atoms with van der Waals surface area (Å²) >= 11 is 6.46. The zero-order valence-electron chi connectivity index (χ0n) is 14.7. The molecule has 1 aromatic carbocycles. The molecule has 2 aliphatic heterocycles. The van der Waals surface area contributed by atoms with Gasteiger partial charge in [-0.3, -0.25) is 9.11 Å². The summed E-state index contributed by atoms with van der Waals surface area (Å²) in [5.74, 6) is 1.79. The minimum atomic E-state index is -2.72. The quantitative estimate of drug-likeness (QED) is 0.606. The second-order valence-electron chi connectivity index (χ2n) is 7.15. The zero-order chi connectivity index (χ0) is 18.8. The summed E-state index contributed by atoms with van der Waals surface area (Å²) in [5, 5.41) is 0.386. The highest BCUT2D eigenvalue weighted by atomic mass is 35.5. The third-order valence-corrected chi connectivity index (χ3v) is 7.83. The molecule has 2 aromatic heterocycles. The van der Waals surface area contributed by atoms with E-state index in [4.69, 9.17) is 16.6 Å². The molecule has 0 radical (unpaired) electrons. The normalized spacial score (nSPS) is 25.1. The number of aromatic nitrogens is 3. The molecule has 9 heteroatoms. The third-order valence-electron chi connectivity index (χ3n) is 5.55. The number of nitrogens with zero attached hydrogens (tertiary/aromatic N) is 4. The topological polar surface area (TPSA) is 86.4 Å². The Bertz CT molecular complexity index is 1040. The van der Waals surface area contributed by atoms with E-state index in [1.807, 2.05) is 41.9 Å². The molecular weight excluding hydrogens is 386 g/mol. The molecular formula is C18H20ClN5O2S. The lowest BCUT2D eigenvalue weighted by atomic mass is 10.1. The lowest BCUT2D eigenvalue weighted by Gasteiger charge is -2.33. The van der Waals surface area contributed by atoms with E-state index in [-0.39, 0.29) is 11.2 Å². The van der Waals surface area contributed by atoms with Crippen molar-refractivity contribution in [2.24, 2.45) is 13.0 Å². The van der Waals surface area contributed by atoms with E-state index >= 15 is 0 Å². The molecule has 0 unspecified atom stereocenters. The minimum absolute atomic E-state index is 0.158. The average Bonchev–Trinajstić information content (AvgIpc) is 3.30. The summed E-state index contributed by atoms with van der Waals surface area (Å²) in [6, 6.07) is 9.91. The summed E-state index contributed by atoms with van der Waals surface area (Å²) in [6.07, 6.45) is 1.65. The summed E-state index contributed by atoms with van der Waals surface area (Å²) in [5.41, 5.74) is 2.78. The van der Waals surface area contributed by atoms with Gasteiger partial charge in [0.05, 0.1) is 21.3 Å². The number of benzene rings is 1. The molecule has 2 fully saturated rings. The van der Waals surface area contributed by atoms with Gasteiger partial charge in [0.2, 0.25) is 0 Å². The van der Waals surface area contributed by atoms with Crippen molar-refractivity contribution >= 4 is 39.2 Å². The Kier molecular flexibility index (Phi) is 3.89. The van der Waals surface area contributed by atoms with Gasteiger partial charge in [0, 0.05) is 44.4 Å². The first-order valence-corrected chi connectivity index (χ1v) is 10.8. The van der Waals surface area contributed by atoms with Crippen molar-refractivity contribution in [3.05, 3.63) is 41.6 Å². The lowest BCUT2D eigenvalue weighted by Crippen LogP contribution is -2.28. The summed E-state index contributed by atoms with van der Waals surface area (Å²) in [4.78, 5) is 11.3. The molecule has 0 aliphatic carbocycles. The molecule has 3 aromatic rings. The Morgan fingerprint density at radius 3 is 2.85 bits per heavy atom. The van der Waals surface area contributed by atoms with Crippen molar-refractivity contribution in [2.45, 2.75) is 5.25 Å². The van der Waals surface area contributed by atoms with Gasteiger partial charge in [-0.25, -0.2) is 14.7 Å². The number of pyridine rings is 1. The number of anilines is 1. The number of aryl methyl sites for hydroxylation is 1. The highest BCUT2D eigenvalue weighted by Gasteiger charge is 2.46. The maximum absolute atomic E-state index is 10.2. The van der Waals surface area contributed by atoms with Crippen molar-refractivity contribution in [1.82, 2.24) is 19.3 Å². The van der Waals surface area contributed by atoms with E-state index in [1.54, 1.807) is 6.20 Å². The summed E-state index contributed by atoms with van der Waals surface area (Å²) in [6.45, 7) is 1.93. The number of imidazole rings is 1. The van der Waals surface area contributed by atoms with Crippen LogP contribution in [-0.4, -0.2) is 48.5 Å². The number of halogens is 1. The van der Waals surface area contributed by atoms with Gasteiger partial charge in [0.25, 0.3) is 0 Å². The standard InChI is InChI=1S/C18H20ClN5O2S/c1-23-15-5-3-2-4-14(15)22-18(23)12-6-17(20-8-13(12)19)24-9-11-7-21-27(25,26)16(11)10-24/h2-6,8,11,16,21,25-26H,7,9-10H2,1H3/t11-,16+/m1/s1. The molecule has 2 saturated heterocycles. The highest BCUT2D eigenvalue weighted by molar-refractivity contribution is 8.23. The molecule has 2 aliphatic rings. The van der Waals surface area contributed by atoms with Crippen LogP contribution >= 0.6 is 22.4 Å². The fourth-order valence-electron chi connectivity index (χ4n) is 4.09. The second kappa shape index (κ2) is 6.08. The average molecular weight is 406 g/mol. The van der Waals surface area contributed by atoms with E-state index in [9.17, 15) is 9.11 Å². The maximum atomic E-state index is 10.2. The van der Waals surface area contributed by atoms with Crippen molar-refractivity contribution in [1.29, 1.82) is 0 Å². The van der Waals surface area contributed by atoms with E-state index in [2.05, 4.69) is 14.6 Å². The molecule has 4 heterocycles. The highest BCUT2D eigenvalue weighted by Crippen LogP contribution is 2.51. The number of nitrogens with one attached hydrogen (secondary N) is 1. The third kappa shape index (κ3) is 2.71. The minimum Gasteiger partial charge on any atom is -0.354 e. The van der Waals surface area contributed by atoms with Gasteiger partial charge in [0.1, 0.15) is 11.6 Å². The van der Waals surface area contributed by atoms with E-state index in [1.165, 1.54) is 0 Å². The first-order valence-electron chi connectivity index (χ1n) is 8.78. The number of rotatable bonds is 2. The van der Waals surface area contributed by atoms with Crippen molar-refractivity contribution in [3.63, 3.8) is 0 Å². The van der Waals surface area contributed by atoms with Gasteiger partial charge in [-0.2, -0.15) is 0 Å². The fourth-order valence-corrected chi connectivity index (χ4v) is 6.06. The van der Waals surface area contributed by atoms with Gasteiger partial charge >= 0.3 is 0 Å². The smallest absolute Gasteiger partial charge is 0.142 e. The largest absolute Gasteiger partial charge is 0.354 e. The molecule has 3 N–H and O–H groups in total.